The van der Waals surface area contributed by atoms with Crippen molar-refractivity contribution < 1.29 is 28.5 Å². The van der Waals surface area contributed by atoms with Crippen LogP contribution >= 0.6 is 24.0 Å². The molecule has 1 unspecified atom stereocenters. The lowest BCUT2D eigenvalue weighted by Gasteiger charge is -2.24. The maximum Gasteiger partial charge on any atom is 0.0801 e. The summed E-state index contributed by atoms with van der Waals surface area (Å²) < 4.78 is 1.00. The highest BCUT2D eigenvalue weighted by atomic mass is 127. The van der Waals surface area contributed by atoms with Gasteiger partial charge in [-0.3, -0.25) is 4.99 Å². The topological polar surface area (TPSA) is 12.4 Å². The second kappa shape index (κ2) is 10.6. The number of aliphatic imine (C=N–C) groups is 1. The minimum Gasteiger partial charge on any atom is -1.00 e. The molecule has 0 heterocycles. The average Bonchev–Trinajstić information content (AvgIpc) is 1.95. The molecule has 1 atom stereocenters. The van der Waals surface area contributed by atoms with Crippen molar-refractivity contribution in [2.24, 2.45) is 4.99 Å². The molecule has 14 heavy (non-hydrogen) atoms. The number of nitrogens with zero attached hydrogens (tertiary/aromatic N) is 2. The van der Waals surface area contributed by atoms with E-state index in [1.54, 1.807) is 0 Å². The molecule has 0 saturated carbocycles. The zero-order valence-corrected chi connectivity index (χ0v) is 14.1. The summed E-state index contributed by atoms with van der Waals surface area (Å²) in [6, 6.07) is 0.393. The SMILES string of the molecule is I.[CH2]C/[C]=N/C(C)CC[N+](C)(C)C.[I-]. The third kappa shape index (κ3) is 15.6. The van der Waals surface area contributed by atoms with Crippen LogP contribution in [0.2, 0.25) is 0 Å². The second-order valence-electron chi connectivity index (χ2n) is 4.19. The third-order valence-corrected chi connectivity index (χ3v) is 1.64. The Hall–Kier alpha value is 1.09. The molecule has 86 valence electrons. The molecule has 0 rings (SSSR count). The van der Waals surface area contributed by atoms with Crippen molar-refractivity contribution >= 4 is 30.2 Å². The molecular weight excluding hydrogens is 402 g/mol. The fourth-order valence-corrected chi connectivity index (χ4v) is 0.859. The van der Waals surface area contributed by atoms with E-state index in [0.717, 1.165) is 17.4 Å². The monoisotopic (exact) mass is 424 g/mol. The highest BCUT2D eigenvalue weighted by Crippen LogP contribution is 2.01. The maximum absolute atomic E-state index is 4.22. The summed E-state index contributed by atoms with van der Waals surface area (Å²) in [7, 11) is 6.59. The van der Waals surface area contributed by atoms with Gasteiger partial charge in [-0.1, -0.05) is 0 Å². The third-order valence-electron chi connectivity index (χ3n) is 1.64. The molecule has 0 aliphatic carbocycles. The standard InChI is InChI=1S/C10H21N2.2HI/c1-6-8-11-10(2)7-9-12(3,4)5;;/h10H,1,6-7,9H2,2-5H3;2*1H/q+1;;/p-1. The lowest BCUT2D eigenvalue weighted by molar-refractivity contribution is -0.870. The van der Waals surface area contributed by atoms with Crippen LogP contribution in [0.25, 0.3) is 0 Å². The first-order valence-corrected chi connectivity index (χ1v) is 4.48. The lowest BCUT2D eigenvalue weighted by Crippen LogP contribution is -3.00. The van der Waals surface area contributed by atoms with E-state index in [4.69, 9.17) is 0 Å². The number of hydrogen-bond acceptors (Lipinski definition) is 1. The van der Waals surface area contributed by atoms with Gasteiger partial charge >= 0.3 is 0 Å². The quantitative estimate of drug-likeness (QED) is 0.314. The molecule has 0 N–H and O–H groups in total. The summed E-state index contributed by atoms with van der Waals surface area (Å²) >= 11 is 0. The van der Waals surface area contributed by atoms with Crippen LogP contribution < -0.4 is 24.0 Å². The largest absolute Gasteiger partial charge is 1.00 e. The molecule has 2 radical (unpaired) electrons. The molecule has 0 aromatic carbocycles. The van der Waals surface area contributed by atoms with Crippen molar-refractivity contribution in [3.8, 4) is 0 Å². The lowest BCUT2D eigenvalue weighted by atomic mass is 10.2. The van der Waals surface area contributed by atoms with Gasteiger partial charge in [0.25, 0.3) is 0 Å². The van der Waals surface area contributed by atoms with E-state index >= 15 is 0 Å². The van der Waals surface area contributed by atoms with Gasteiger partial charge in [-0.25, -0.2) is 0 Å². The van der Waals surface area contributed by atoms with E-state index in [-0.39, 0.29) is 48.0 Å². The second-order valence-corrected chi connectivity index (χ2v) is 4.19. The fourth-order valence-electron chi connectivity index (χ4n) is 0.859. The normalized spacial score (nSPS) is 13.2. The molecule has 0 aliphatic rings. The van der Waals surface area contributed by atoms with Gasteiger partial charge < -0.3 is 28.5 Å². The molecular formula is C10H22I2N2. The van der Waals surface area contributed by atoms with Crippen LogP contribution in [0, 0.1) is 6.92 Å². The molecule has 0 fully saturated rings. The first-order chi connectivity index (χ1) is 5.45. The van der Waals surface area contributed by atoms with Crippen molar-refractivity contribution in [3.63, 3.8) is 0 Å². The molecule has 0 aromatic heterocycles. The van der Waals surface area contributed by atoms with Gasteiger partial charge in [0.15, 0.2) is 0 Å². The molecule has 2 nitrogen and oxygen atoms in total. The Morgan fingerprint density at radius 3 is 2.21 bits per heavy atom. The number of hydrogen-bond donors (Lipinski definition) is 0. The van der Waals surface area contributed by atoms with Crippen LogP contribution in [0.1, 0.15) is 19.8 Å². The zero-order chi connectivity index (χ0) is 9.61. The summed E-state index contributed by atoms with van der Waals surface area (Å²) in [4.78, 5) is 4.22. The molecule has 0 spiro atoms. The van der Waals surface area contributed by atoms with Gasteiger partial charge in [-0.15, -0.1) is 24.0 Å². The Bertz CT molecular complexity index is 142. The van der Waals surface area contributed by atoms with E-state index in [1.807, 2.05) is 0 Å². The van der Waals surface area contributed by atoms with Gasteiger partial charge in [0, 0.05) is 6.42 Å². The first-order valence-electron chi connectivity index (χ1n) is 4.48. The highest BCUT2D eigenvalue weighted by molar-refractivity contribution is 14.0. The van der Waals surface area contributed by atoms with Crippen LogP contribution in [0.5, 0.6) is 0 Å². The Morgan fingerprint density at radius 1 is 1.36 bits per heavy atom. The van der Waals surface area contributed by atoms with Gasteiger partial charge in [0.2, 0.25) is 0 Å². The van der Waals surface area contributed by atoms with Crippen molar-refractivity contribution in [1.29, 1.82) is 0 Å². The maximum atomic E-state index is 4.22. The summed E-state index contributed by atoms with van der Waals surface area (Å²) in [6.07, 6.45) is 4.69. The molecule has 0 aliphatic heterocycles. The van der Waals surface area contributed by atoms with E-state index < -0.39 is 0 Å². The molecule has 0 saturated heterocycles. The molecule has 0 bridgehead atoms. The van der Waals surface area contributed by atoms with E-state index in [9.17, 15) is 0 Å². The van der Waals surface area contributed by atoms with E-state index in [0.29, 0.717) is 12.5 Å². The average molecular weight is 424 g/mol. The number of rotatable bonds is 5. The van der Waals surface area contributed by atoms with E-state index in [1.165, 1.54) is 0 Å². The predicted molar refractivity (Wildman–Crippen MR) is 69.8 cm³/mol. The summed E-state index contributed by atoms with van der Waals surface area (Å²) in [5.74, 6) is 0. The Balaban J connectivity index is -0.000000605. The summed E-state index contributed by atoms with van der Waals surface area (Å²) in [5, 5.41) is 0. The summed E-state index contributed by atoms with van der Waals surface area (Å²) in [5.41, 5.74) is 0. The van der Waals surface area contributed by atoms with Crippen LogP contribution in [-0.2, 0) is 0 Å². The number of quaternary nitrogens is 1. The first kappa shape index (κ1) is 20.5. The van der Waals surface area contributed by atoms with Crippen molar-refractivity contribution in [3.05, 3.63) is 6.92 Å². The zero-order valence-electron chi connectivity index (χ0n) is 9.59. The molecule has 0 aromatic rings. The van der Waals surface area contributed by atoms with E-state index in [2.05, 4.69) is 46.2 Å². The predicted octanol–water partition coefficient (Wildman–Crippen LogP) is -0.735. The molecule has 0 amide bonds. The van der Waals surface area contributed by atoms with Crippen LogP contribution in [-0.4, -0.2) is 44.4 Å². The van der Waals surface area contributed by atoms with Crippen LogP contribution in [0.3, 0.4) is 0 Å². The minimum atomic E-state index is 0. The Labute approximate surface area is 123 Å². The van der Waals surface area contributed by atoms with Crippen molar-refractivity contribution in [2.45, 2.75) is 25.8 Å². The number of halogens is 2. The van der Waals surface area contributed by atoms with Gasteiger partial charge in [0.1, 0.15) is 0 Å². The van der Waals surface area contributed by atoms with Gasteiger partial charge in [-0.05, 0) is 20.3 Å². The summed E-state index contributed by atoms with van der Waals surface area (Å²) in [6.45, 7) is 6.94. The Kier molecular flexibility index (Phi) is 15.5. The van der Waals surface area contributed by atoms with Crippen LogP contribution in [0.4, 0.5) is 0 Å². The van der Waals surface area contributed by atoms with Crippen molar-refractivity contribution in [1.82, 2.24) is 0 Å². The van der Waals surface area contributed by atoms with Gasteiger partial charge in [-0.2, -0.15) is 0 Å². The smallest absolute Gasteiger partial charge is 0.0801 e. The highest BCUT2D eigenvalue weighted by Gasteiger charge is 2.08. The fraction of sp³-hybridized carbons (Fsp3) is 0.800. The minimum absolute atomic E-state index is 0. The molecule has 4 heteroatoms. The van der Waals surface area contributed by atoms with Gasteiger partial charge in [0.05, 0.1) is 39.9 Å². The van der Waals surface area contributed by atoms with Crippen molar-refractivity contribution in [2.75, 3.05) is 27.7 Å². The van der Waals surface area contributed by atoms with Crippen LogP contribution in [0.15, 0.2) is 4.99 Å². The Morgan fingerprint density at radius 2 is 1.86 bits per heavy atom.